The molecule has 1 unspecified atom stereocenters. The summed E-state index contributed by atoms with van der Waals surface area (Å²) in [7, 11) is -1.89. The van der Waals surface area contributed by atoms with Gasteiger partial charge in [0.2, 0.25) is 0 Å². The molecule has 4 N–H and O–H groups in total. The topological polar surface area (TPSA) is 170 Å². The van der Waals surface area contributed by atoms with Crippen LogP contribution in [-0.2, 0) is 4.43 Å². The number of piperidine rings is 1. The number of carbonyl (C=O) groups excluding carboxylic acids is 1. The fraction of sp³-hybridized carbons (Fsp3) is 0.467. The monoisotopic (exact) mass is 619 g/mol. The van der Waals surface area contributed by atoms with Crippen molar-refractivity contribution in [3.8, 4) is 11.8 Å². The number of likely N-dealkylation sites (tertiary alicyclic amines) is 1. The molecular weight excluding hydrogens is 578 g/mol. The first-order valence-electron chi connectivity index (χ1n) is 14.7. The predicted molar refractivity (Wildman–Crippen MR) is 170 cm³/mol. The minimum absolute atomic E-state index is 0.0983. The van der Waals surface area contributed by atoms with Gasteiger partial charge in [-0.15, -0.1) is 0 Å². The van der Waals surface area contributed by atoms with Crippen LogP contribution in [-0.4, -0.2) is 82.6 Å². The number of hydrogen-bond acceptors (Lipinski definition) is 9. The van der Waals surface area contributed by atoms with Crippen LogP contribution in [0.4, 0.5) is 22.1 Å². The molecule has 14 heteroatoms. The Labute approximate surface area is 258 Å². The molecule has 0 aromatic carbocycles. The van der Waals surface area contributed by atoms with Crippen molar-refractivity contribution in [2.24, 2.45) is 5.92 Å². The molecule has 0 aliphatic carbocycles. The normalized spacial score (nSPS) is 15.4. The number of pyridine rings is 1. The van der Waals surface area contributed by atoms with Crippen molar-refractivity contribution >= 4 is 37.6 Å². The van der Waals surface area contributed by atoms with Crippen LogP contribution in [0, 0.1) is 17.2 Å². The van der Waals surface area contributed by atoms with Crippen LogP contribution >= 0.6 is 0 Å². The molecule has 1 aliphatic rings. The molecule has 4 heterocycles. The number of nitriles is 1. The molecule has 0 saturated carbocycles. The van der Waals surface area contributed by atoms with Gasteiger partial charge in [0, 0.05) is 44.6 Å². The quantitative estimate of drug-likeness (QED) is 0.172. The van der Waals surface area contributed by atoms with Gasteiger partial charge < -0.3 is 34.9 Å². The fourth-order valence-corrected chi connectivity index (χ4v) is 5.62. The Bertz CT molecular complexity index is 1500. The van der Waals surface area contributed by atoms with Gasteiger partial charge in [-0.05, 0) is 43.0 Å². The summed E-state index contributed by atoms with van der Waals surface area (Å²) in [6, 6.07) is 5.52. The minimum atomic E-state index is -1.89. The van der Waals surface area contributed by atoms with Gasteiger partial charge in [0.05, 0.1) is 42.1 Å². The third-order valence-corrected chi connectivity index (χ3v) is 12.7. The standard InChI is InChI=1S/C30H41N9O4Si/c1-30(2,3)44(4,5)43-12-9-32-28(40)22-8-11-38(20-22)25-17-36-26(37-27-18-33-23(14-31)16-35-27)13-24(25)34-15-21-7-6-10-39(19-21)29(41)42/h8,11,13,16-18,20-21H,6-7,9-10,12,15,19H2,1-5H3,(H,32,40)(H,41,42)(H2,34,35,36,37). The van der Waals surface area contributed by atoms with E-state index in [1.807, 2.05) is 16.7 Å². The highest BCUT2D eigenvalue weighted by atomic mass is 28.4. The lowest BCUT2D eigenvalue weighted by Crippen LogP contribution is -2.42. The number of rotatable bonds is 11. The van der Waals surface area contributed by atoms with E-state index >= 15 is 0 Å². The Balaban J connectivity index is 1.48. The van der Waals surface area contributed by atoms with E-state index in [9.17, 15) is 14.7 Å². The number of nitrogens with one attached hydrogen (secondary N) is 3. The number of carbonyl (C=O) groups is 2. The summed E-state index contributed by atoms with van der Waals surface area (Å²) < 4.78 is 8.00. The zero-order valence-corrected chi connectivity index (χ0v) is 26.9. The maximum atomic E-state index is 12.9. The molecule has 44 heavy (non-hydrogen) atoms. The van der Waals surface area contributed by atoms with Crippen LogP contribution in [0.5, 0.6) is 0 Å². The van der Waals surface area contributed by atoms with Crippen molar-refractivity contribution in [3.63, 3.8) is 0 Å². The summed E-state index contributed by atoms with van der Waals surface area (Å²) in [6.45, 7) is 13.3. The summed E-state index contributed by atoms with van der Waals surface area (Å²) in [6.07, 6.45) is 8.88. The van der Waals surface area contributed by atoms with Gasteiger partial charge in [0.15, 0.2) is 14.0 Å². The van der Waals surface area contributed by atoms with E-state index in [0.717, 1.165) is 18.5 Å². The van der Waals surface area contributed by atoms with Crippen molar-refractivity contribution in [2.75, 3.05) is 43.4 Å². The van der Waals surface area contributed by atoms with E-state index in [4.69, 9.17) is 9.69 Å². The molecule has 1 atom stereocenters. The Morgan fingerprint density at radius 1 is 1.18 bits per heavy atom. The summed E-state index contributed by atoms with van der Waals surface area (Å²) in [5, 5.41) is 28.1. The van der Waals surface area contributed by atoms with Crippen molar-refractivity contribution in [1.29, 1.82) is 5.26 Å². The van der Waals surface area contributed by atoms with Crippen LogP contribution < -0.4 is 16.0 Å². The van der Waals surface area contributed by atoms with Crippen LogP contribution in [0.15, 0.2) is 43.1 Å². The van der Waals surface area contributed by atoms with E-state index in [0.29, 0.717) is 55.7 Å². The minimum Gasteiger partial charge on any atom is -0.465 e. The van der Waals surface area contributed by atoms with Crippen molar-refractivity contribution in [1.82, 2.24) is 29.7 Å². The van der Waals surface area contributed by atoms with Crippen LogP contribution in [0.1, 0.15) is 49.7 Å². The second-order valence-electron chi connectivity index (χ2n) is 12.4. The molecule has 1 fully saturated rings. The molecule has 234 valence electrons. The first-order chi connectivity index (χ1) is 20.9. The first-order valence-corrected chi connectivity index (χ1v) is 17.6. The molecular formula is C30H41N9O4Si. The zero-order chi connectivity index (χ0) is 31.9. The van der Waals surface area contributed by atoms with Gasteiger partial charge in [-0.25, -0.2) is 19.7 Å². The number of nitrogens with zero attached hydrogens (tertiary/aromatic N) is 6. The molecule has 0 spiro atoms. The fourth-order valence-electron chi connectivity index (χ4n) is 4.58. The van der Waals surface area contributed by atoms with Crippen LogP contribution in [0.2, 0.25) is 18.1 Å². The average molecular weight is 620 g/mol. The third-order valence-electron chi connectivity index (χ3n) is 8.17. The Morgan fingerprint density at radius 3 is 2.64 bits per heavy atom. The zero-order valence-electron chi connectivity index (χ0n) is 25.9. The van der Waals surface area contributed by atoms with Gasteiger partial charge in [0.1, 0.15) is 17.7 Å². The highest BCUT2D eigenvalue weighted by molar-refractivity contribution is 6.74. The average Bonchev–Trinajstić information content (AvgIpc) is 3.48. The van der Waals surface area contributed by atoms with E-state index in [-0.39, 0.29) is 22.6 Å². The molecule has 1 saturated heterocycles. The van der Waals surface area contributed by atoms with Gasteiger partial charge in [-0.2, -0.15) is 5.26 Å². The number of hydrogen-bond donors (Lipinski definition) is 4. The number of anilines is 3. The Morgan fingerprint density at radius 2 is 1.95 bits per heavy atom. The smallest absolute Gasteiger partial charge is 0.407 e. The highest BCUT2D eigenvalue weighted by Crippen LogP contribution is 2.36. The Hall–Kier alpha value is -4.48. The van der Waals surface area contributed by atoms with Crippen molar-refractivity contribution < 1.29 is 19.1 Å². The largest absolute Gasteiger partial charge is 0.465 e. The lowest BCUT2D eigenvalue weighted by atomic mass is 9.98. The second-order valence-corrected chi connectivity index (χ2v) is 17.2. The van der Waals surface area contributed by atoms with Crippen molar-refractivity contribution in [2.45, 2.75) is 51.7 Å². The maximum absolute atomic E-state index is 12.9. The molecule has 3 aromatic heterocycles. The van der Waals surface area contributed by atoms with Crippen molar-refractivity contribution in [3.05, 3.63) is 54.4 Å². The summed E-state index contributed by atoms with van der Waals surface area (Å²) in [5.74, 6) is 0.870. The predicted octanol–water partition coefficient (Wildman–Crippen LogP) is 4.83. The highest BCUT2D eigenvalue weighted by Gasteiger charge is 2.36. The molecule has 4 rings (SSSR count). The van der Waals surface area contributed by atoms with E-state index < -0.39 is 14.4 Å². The van der Waals surface area contributed by atoms with Crippen LogP contribution in [0.25, 0.3) is 5.69 Å². The van der Waals surface area contributed by atoms with Gasteiger partial charge in [-0.1, -0.05) is 20.8 Å². The van der Waals surface area contributed by atoms with E-state index in [1.54, 1.807) is 24.7 Å². The lowest BCUT2D eigenvalue weighted by molar-refractivity contribution is 0.0945. The number of carboxylic acid groups (broad SMARTS) is 1. The first kappa shape index (κ1) is 32.4. The third kappa shape index (κ3) is 8.33. The lowest BCUT2D eigenvalue weighted by Gasteiger charge is -2.36. The van der Waals surface area contributed by atoms with Gasteiger partial charge in [0.25, 0.3) is 5.91 Å². The molecule has 13 nitrogen and oxygen atoms in total. The van der Waals surface area contributed by atoms with E-state index in [2.05, 4.69) is 64.8 Å². The van der Waals surface area contributed by atoms with Gasteiger partial charge >= 0.3 is 6.09 Å². The molecule has 3 aromatic rings. The molecule has 0 radical (unpaired) electrons. The molecule has 0 bridgehead atoms. The SMILES string of the molecule is CC(C)(C)[Si](C)(C)OCCNC(=O)c1ccn(-c2cnc(Nc3cnc(C#N)cn3)cc2NCC2CCCN(C(=O)O)C2)c1. The summed E-state index contributed by atoms with van der Waals surface area (Å²) >= 11 is 0. The van der Waals surface area contributed by atoms with Crippen LogP contribution in [0.3, 0.4) is 0 Å². The van der Waals surface area contributed by atoms with E-state index in [1.165, 1.54) is 17.3 Å². The van der Waals surface area contributed by atoms with Gasteiger partial charge in [-0.3, -0.25) is 4.79 Å². The number of aromatic nitrogens is 4. The second kappa shape index (κ2) is 13.9. The summed E-state index contributed by atoms with van der Waals surface area (Å²) in [4.78, 5) is 38.7. The molecule has 2 amide bonds. The number of amides is 2. The Kier molecular flexibility index (Phi) is 10.2. The summed E-state index contributed by atoms with van der Waals surface area (Å²) in [5.41, 5.74) is 2.16. The molecule has 1 aliphatic heterocycles. The maximum Gasteiger partial charge on any atom is 0.407 e.